The maximum absolute atomic E-state index is 11.4. The molecule has 0 amide bonds. The fraction of sp³-hybridized carbons (Fsp3) is 0.429. The topological polar surface area (TPSA) is 82.2 Å². The van der Waals surface area contributed by atoms with Crippen LogP contribution in [0.15, 0.2) is 24.4 Å². The minimum Gasteiger partial charge on any atom is -0.361 e. The van der Waals surface area contributed by atoms with Gasteiger partial charge in [-0.1, -0.05) is 12.1 Å². The van der Waals surface area contributed by atoms with Gasteiger partial charge in [-0.05, 0) is 30.0 Å². The molecule has 106 valence electrons. The minimum absolute atomic E-state index is 0.141. The molecule has 3 atom stereocenters. The third kappa shape index (κ3) is 1.72. The summed E-state index contributed by atoms with van der Waals surface area (Å²) < 4.78 is 32.1. The van der Waals surface area contributed by atoms with E-state index in [-0.39, 0.29) is 12.0 Å². The molecule has 6 heteroatoms. The summed E-state index contributed by atoms with van der Waals surface area (Å²) >= 11 is 0. The second-order valence-electron chi connectivity index (χ2n) is 5.78. The van der Waals surface area contributed by atoms with Crippen molar-refractivity contribution in [2.75, 3.05) is 6.54 Å². The third-order valence-corrected chi connectivity index (χ3v) is 5.89. The molecule has 2 aliphatic rings. The molecule has 0 saturated carbocycles. The van der Waals surface area contributed by atoms with Crippen molar-refractivity contribution < 1.29 is 13.0 Å². The number of benzene rings is 1. The summed E-state index contributed by atoms with van der Waals surface area (Å²) in [5, 5.41) is 3.82. The quantitative estimate of drug-likeness (QED) is 0.694. The van der Waals surface area contributed by atoms with E-state index in [2.05, 4.69) is 16.4 Å². The van der Waals surface area contributed by atoms with Crippen LogP contribution in [0.3, 0.4) is 0 Å². The molecule has 1 aliphatic carbocycles. The molecule has 1 unspecified atom stereocenters. The normalized spacial score (nSPS) is 29.4. The summed E-state index contributed by atoms with van der Waals surface area (Å²) in [6.07, 6.45) is 3.43. The molecule has 3 N–H and O–H groups in total. The van der Waals surface area contributed by atoms with E-state index in [0.29, 0.717) is 13.0 Å². The van der Waals surface area contributed by atoms with E-state index in [1.165, 1.54) is 16.5 Å². The Balaban J connectivity index is 1.82. The first-order valence-corrected chi connectivity index (χ1v) is 8.33. The lowest BCUT2D eigenvalue weighted by molar-refractivity contribution is 0.333. The number of hydrogen-bond donors (Lipinski definition) is 3. The van der Waals surface area contributed by atoms with Crippen LogP contribution in [0.1, 0.15) is 23.5 Å². The van der Waals surface area contributed by atoms with Gasteiger partial charge in [-0.2, -0.15) is 8.42 Å². The fourth-order valence-electron chi connectivity index (χ4n) is 3.73. The maximum Gasteiger partial charge on any atom is 0.269 e. The van der Waals surface area contributed by atoms with Crippen molar-refractivity contribution in [2.45, 2.75) is 30.1 Å². The number of fused-ring (bicyclic) bond motifs is 2. The lowest BCUT2D eigenvalue weighted by atomic mass is 9.76. The highest BCUT2D eigenvalue weighted by Crippen LogP contribution is 2.41. The Kier molecular flexibility index (Phi) is 2.52. The number of piperidine rings is 1. The van der Waals surface area contributed by atoms with Gasteiger partial charge in [0.15, 0.2) is 0 Å². The zero-order valence-electron chi connectivity index (χ0n) is 10.8. The van der Waals surface area contributed by atoms with Crippen LogP contribution < -0.4 is 5.32 Å². The van der Waals surface area contributed by atoms with Gasteiger partial charge in [0, 0.05) is 35.6 Å². The van der Waals surface area contributed by atoms with Crippen LogP contribution >= 0.6 is 0 Å². The summed E-state index contributed by atoms with van der Waals surface area (Å²) in [5.41, 5.74) is 3.58. The molecule has 5 nitrogen and oxygen atoms in total. The molecular formula is C14H16N2O3S. The highest BCUT2D eigenvalue weighted by atomic mass is 32.2. The Hall–Kier alpha value is -1.37. The van der Waals surface area contributed by atoms with Crippen molar-refractivity contribution in [3.63, 3.8) is 0 Å². The lowest BCUT2D eigenvalue weighted by Crippen LogP contribution is -2.50. The zero-order valence-corrected chi connectivity index (χ0v) is 11.7. The molecule has 2 heterocycles. The molecule has 1 aromatic carbocycles. The fourth-order valence-corrected chi connectivity index (χ4v) is 4.49. The summed E-state index contributed by atoms with van der Waals surface area (Å²) in [7, 11) is -3.98. The van der Waals surface area contributed by atoms with E-state index in [0.717, 1.165) is 11.9 Å². The van der Waals surface area contributed by atoms with E-state index < -0.39 is 15.4 Å². The maximum atomic E-state index is 11.4. The number of rotatable bonds is 1. The molecule has 2 aromatic rings. The highest BCUT2D eigenvalue weighted by molar-refractivity contribution is 7.86. The number of nitrogens with one attached hydrogen (secondary N) is 2. The van der Waals surface area contributed by atoms with Crippen LogP contribution in [0.4, 0.5) is 0 Å². The number of hydrogen-bond acceptors (Lipinski definition) is 3. The molecule has 1 saturated heterocycles. The predicted molar refractivity (Wildman–Crippen MR) is 76.5 cm³/mol. The van der Waals surface area contributed by atoms with Gasteiger partial charge in [0.05, 0.1) is 5.25 Å². The summed E-state index contributed by atoms with van der Waals surface area (Å²) in [6.45, 7) is 0.329. The molecule has 0 radical (unpaired) electrons. The Morgan fingerprint density at radius 2 is 2.15 bits per heavy atom. The standard InChI is InChI=1S/C14H16N2O3S/c17-20(18,19)9-5-11-10-2-1-3-12-14(10)8(6-15-12)4-13(11)16-7-9/h1-3,6,9,11,13,15-16H,4-5,7H2,(H,17,18,19)/t9?,11-,13-/m1/s1. The smallest absolute Gasteiger partial charge is 0.269 e. The van der Waals surface area contributed by atoms with Crippen LogP contribution in [0.25, 0.3) is 10.9 Å². The van der Waals surface area contributed by atoms with Gasteiger partial charge in [-0.15, -0.1) is 0 Å². The van der Waals surface area contributed by atoms with Crippen LogP contribution in [-0.4, -0.2) is 35.8 Å². The van der Waals surface area contributed by atoms with Crippen molar-refractivity contribution in [3.8, 4) is 0 Å². The minimum atomic E-state index is -3.98. The second kappa shape index (κ2) is 4.07. The Morgan fingerprint density at radius 3 is 2.95 bits per heavy atom. The molecular weight excluding hydrogens is 276 g/mol. The number of aromatic amines is 1. The van der Waals surface area contributed by atoms with E-state index >= 15 is 0 Å². The average molecular weight is 292 g/mol. The molecule has 0 bridgehead atoms. The molecule has 0 spiro atoms. The van der Waals surface area contributed by atoms with E-state index in [1.807, 2.05) is 18.3 Å². The van der Waals surface area contributed by atoms with Gasteiger partial charge in [-0.3, -0.25) is 4.55 Å². The Bertz CT molecular complexity index is 781. The van der Waals surface area contributed by atoms with Gasteiger partial charge in [0.1, 0.15) is 0 Å². The van der Waals surface area contributed by atoms with Crippen molar-refractivity contribution >= 4 is 21.0 Å². The van der Waals surface area contributed by atoms with Crippen molar-refractivity contribution in [1.82, 2.24) is 10.3 Å². The number of H-pyrrole nitrogens is 1. The summed E-state index contributed by atoms with van der Waals surface area (Å²) in [5.74, 6) is 0.141. The van der Waals surface area contributed by atoms with E-state index in [9.17, 15) is 13.0 Å². The first-order valence-electron chi connectivity index (χ1n) is 6.82. The molecule has 4 rings (SSSR count). The molecule has 1 aliphatic heterocycles. The SMILES string of the molecule is O=S(=O)(O)C1CN[C@@H]2Cc3c[nH]c4cccc(c34)[C@H]2C1. The van der Waals surface area contributed by atoms with Gasteiger partial charge >= 0.3 is 0 Å². The summed E-state index contributed by atoms with van der Waals surface area (Å²) in [4.78, 5) is 3.28. The van der Waals surface area contributed by atoms with Crippen LogP contribution in [0, 0.1) is 0 Å². The van der Waals surface area contributed by atoms with E-state index in [1.54, 1.807) is 0 Å². The Labute approximate surface area is 117 Å². The van der Waals surface area contributed by atoms with Crippen LogP contribution in [0.2, 0.25) is 0 Å². The van der Waals surface area contributed by atoms with Crippen LogP contribution in [-0.2, 0) is 16.5 Å². The van der Waals surface area contributed by atoms with Gasteiger partial charge in [-0.25, -0.2) is 0 Å². The first kappa shape index (κ1) is 12.4. The average Bonchev–Trinajstić information content (AvgIpc) is 2.82. The highest BCUT2D eigenvalue weighted by Gasteiger charge is 2.39. The van der Waals surface area contributed by atoms with Crippen molar-refractivity contribution in [1.29, 1.82) is 0 Å². The third-order valence-electron chi connectivity index (χ3n) is 4.69. The van der Waals surface area contributed by atoms with Gasteiger partial charge < -0.3 is 10.3 Å². The zero-order chi connectivity index (χ0) is 13.9. The molecule has 20 heavy (non-hydrogen) atoms. The molecule has 1 aromatic heterocycles. The van der Waals surface area contributed by atoms with Crippen molar-refractivity contribution in [2.24, 2.45) is 0 Å². The molecule has 1 fully saturated rings. The monoisotopic (exact) mass is 292 g/mol. The predicted octanol–water partition coefficient (Wildman–Crippen LogP) is 1.43. The van der Waals surface area contributed by atoms with E-state index in [4.69, 9.17) is 0 Å². The first-order chi connectivity index (χ1) is 9.54. The largest absolute Gasteiger partial charge is 0.361 e. The second-order valence-corrected chi connectivity index (χ2v) is 7.48. The van der Waals surface area contributed by atoms with Gasteiger partial charge in [0.2, 0.25) is 0 Å². The van der Waals surface area contributed by atoms with Crippen molar-refractivity contribution in [3.05, 3.63) is 35.5 Å². The van der Waals surface area contributed by atoms with Gasteiger partial charge in [0.25, 0.3) is 10.1 Å². The Morgan fingerprint density at radius 1 is 1.30 bits per heavy atom. The summed E-state index contributed by atoms with van der Waals surface area (Å²) in [6, 6.07) is 6.36. The number of aromatic nitrogens is 1. The van der Waals surface area contributed by atoms with Crippen LogP contribution in [0.5, 0.6) is 0 Å². The lowest BCUT2D eigenvalue weighted by Gasteiger charge is -2.39.